The minimum atomic E-state index is -0.277. The van der Waals surface area contributed by atoms with E-state index in [-0.39, 0.29) is 16.9 Å². The number of benzene rings is 1. The summed E-state index contributed by atoms with van der Waals surface area (Å²) in [5, 5.41) is 3.36. The fraction of sp³-hybridized carbons (Fsp3) is 0.562. The summed E-state index contributed by atoms with van der Waals surface area (Å²) in [6.07, 6.45) is 0.340. The van der Waals surface area contributed by atoms with Crippen molar-refractivity contribution >= 4 is 5.91 Å². The molecule has 0 unspecified atom stereocenters. The van der Waals surface area contributed by atoms with Gasteiger partial charge in [0.05, 0.1) is 0 Å². The number of carbonyl (C=O) groups excluding carboxylic acids is 1. The number of hydrogen-bond acceptors (Lipinski definition) is 2. The van der Waals surface area contributed by atoms with Gasteiger partial charge in [-0.2, -0.15) is 0 Å². The zero-order valence-corrected chi connectivity index (χ0v) is 12.7. The molecule has 0 heterocycles. The molecule has 1 rings (SSSR count). The fourth-order valence-corrected chi connectivity index (χ4v) is 1.96. The zero-order chi connectivity index (χ0) is 14.7. The number of amides is 1. The lowest BCUT2D eigenvalue weighted by Gasteiger charge is -2.25. The summed E-state index contributed by atoms with van der Waals surface area (Å²) < 4.78 is 0. The van der Waals surface area contributed by atoms with Crippen molar-refractivity contribution < 1.29 is 4.79 Å². The maximum atomic E-state index is 11.0. The molecular formula is C16H26N2O. The fourth-order valence-electron chi connectivity index (χ4n) is 1.96. The third-order valence-electron chi connectivity index (χ3n) is 3.21. The number of nitrogens with two attached hydrogens (primary N) is 1. The normalized spacial score (nSPS) is 12.5. The van der Waals surface area contributed by atoms with E-state index >= 15 is 0 Å². The smallest absolute Gasteiger partial charge is 0.219 e. The molecule has 3 heteroatoms. The molecule has 0 radical (unpaired) electrons. The van der Waals surface area contributed by atoms with Crippen LogP contribution in [0, 0.1) is 0 Å². The largest absolute Gasteiger partial charge is 0.370 e. The molecule has 0 aliphatic rings. The van der Waals surface area contributed by atoms with Crippen LogP contribution >= 0.6 is 0 Å². The molecule has 0 aliphatic carbocycles. The second-order valence-corrected chi connectivity index (χ2v) is 6.83. The van der Waals surface area contributed by atoms with Gasteiger partial charge in [-0.25, -0.2) is 0 Å². The van der Waals surface area contributed by atoms with E-state index in [2.05, 4.69) is 50.4 Å². The number of primary amides is 1. The van der Waals surface area contributed by atoms with Crippen LogP contribution in [-0.2, 0) is 16.8 Å². The van der Waals surface area contributed by atoms with Crippen LogP contribution in [0.15, 0.2) is 24.3 Å². The molecule has 1 amide bonds. The van der Waals surface area contributed by atoms with Gasteiger partial charge in [0.2, 0.25) is 5.91 Å². The quantitative estimate of drug-likeness (QED) is 0.857. The van der Waals surface area contributed by atoms with Gasteiger partial charge in [-0.1, -0.05) is 45.0 Å². The van der Waals surface area contributed by atoms with E-state index in [4.69, 9.17) is 5.73 Å². The van der Waals surface area contributed by atoms with Crippen molar-refractivity contribution in [2.45, 2.75) is 58.5 Å². The van der Waals surface area contributed by atoms with E-state index in [1.54, 1.807) is 0 Å². The molecule has 0 fully saturated rings. The number of nitrogens with one attached hydrogen (secondary N) is 1. The second-order valence-electron chi connectivity index (χ2n) is 6.83. The minimum absolute atomic E-state index is 0.178. The summed E-state index contributed by atoms with van der Waals surface area (Å²) >= 11 is 0. The molecule has 19 heavy (non-hydrogen) atoms. The molecule has 1 aromatic carbocycles. The molecule has 0 atom stereocenters. The van der Waals surface area contributed by atoms with E-state index in [1.165, 1.54) is 11.1 Å². The van der Waals surface area contributed by atoms with Gasteiger partial charge in [0.15, 0.2) is 0 Å². The van der Waals surface area contributed by atoms with Crippen molar-refractivity contribution in [1.29, 1.82) is 0 Å². The number of carbonyl (C=O) groups is 1. The monoisotopic (exact) mass is 262 g/mol. The van der Waals surface area contributed by atoms with Crippen molar-refractivity contribution in [2.75, 3.05) is 0 Å². The first-order valence-corrected chi connectivity index (χ1v) is 6.73. The van der Waals surface area contributed by atoms with E-state index in [0.29, 0.717) is 6.42 Å². The Bertz CT molecular complexity index is 427. The molecule has 0 aliphatic heterocycles. The maximum Gasteiger partial charge on any atom is 0.219 e. The second kappa shape index (κ2) is 5.74. The maximum absolute atomic E-state index is 11.0. The highest BCUT2D eigenvalue weighted by atomic mass is 16.1. The molecule has 1 aromatic rings. The predicted molar refractivity (Wildman–Crippen MR) is 79.9 cm³/mol. The van der Waals surface area contributed by atoms with Crippen LogP contribution in [0.3, 0.4) is 0 Å². The third-order valence-corrected chi connectivity index (χ3v) is 3.21. The minimum Gasteiger partial charge on any atom is -0.370 e. The molecule has 106 valence electrons. The van der Waals surface area contributed by atoms with Gasteiger partial charge in [0.1, 0.15) is 0 Å². The standard InChI is InChI=1S/C16H26N2O/c1-15(2,3)13-8-6-12(7-9-13)11-18-16(4,5)10-14(17)19/h6-9,18H,10-11H2,1-5H3,(H2,17,19). The van der Waals surface area contributed by atoms with Crippen LogP contribution in [0.25, 0.3) is 0 Å². The molecular weight excluding hydrogens is 236 g/mol. The Labute approximate surface area is 116 Å². The average molecular weight is 262 g/mol. The molecule has 3 nitrogen and oxygen atoms in total. The molecule has 0 aromatic heterocycles. The van der Waals surface area contributed by atoms with Crippen LogP contribution < -0.4 is 11.1 Å². The summed E-state index contributed by atoms with van der Waals surface area (Å²) in [5.41, 5.74) is 7.68. The zero-order valence-electron chi connectivity index (χ0n) is 12.7. The molecule has 0 bridgehead atoms. The van der Waals surface area contributed by atoms with Crippen molar-refractivity contribution in [3.63, 3.8) is 0 Å². The molecule has 0 saturated carbocycles. The highest BCUT2D eigenvalue weighted by molar-refractivity contribution is 5.74. The van der Waals surface area contributed by atoms with Crippen LogP contribution in [-0.4, -0.2) is 11.4 Å². The molecule has 0 spiro atoms. The van der Waals surface area contributed by atoms with Gasteiger partial charge >= 0.3 is 0 Å². The first kappa shape index (κ1) is 15.7. The van der Waals surface area contributed by atoms with E-state index in [1.807, 2.05) is 13.8 Å². The Hall–Kier alpha value is -1.35. The summed E-state index contributed by atoms with van der Waals surface area (Å²) in [7, 11) is 0. The first-order chi connectivity index (χ1) is 8.60. The van der Waals surface area contributed by atoms with E-state index < -0.39 is 0 Å². The highest BCUT2D eigenvalue weighted by Gasteiger charge is 2.19. The van der Waals surface area contributed by atoms with Crippen molar-refractivity contribution in [3.8, 4) is 0 Å². The predicted octanol–water partition coefficient (Wildman–Crippen LogP) is 2.73. The third kappa shape index (κ3) is 5.43. The first-order valence-electron chi connectivity index (χ1n) is 6.73. The van der Waals surface area contributed by atoms with Gasteiger partial charge in [0, 0.05) is 18.5 Å². The van der Waals surface area contributed by atoms with Crippen molar-refractivity contribution in [1.82, 2.24) is 5.32 Å². The summed E-state index contributed by atoms with van der Waals surface area (Å²) in [5.74, 6) is -0.277. The van der Waals surface area contributed by atoms with Crippen LogP contribution in [0.1, 0.15) is 52.2 Å². The van der Waals surface area contributed by atoms with Crippen LogP contribution in [0.2, 0.25) is 0 Å². The van der Waals surface area contributed by atoms with Gasteiger partial charge in [-0.05, 0) is 30.4 Å². The lowest BCUT2D eigenvalue weighted by molar-refractivity contribution is -0.119. The Morgan fingerprint density at radius 3 is 2.05 bits per heavy atom. The number of rotatable bonds is 5. The summed E-state index contributed by atoms with van der Waals surface area (Å²) in [6.45, 7) is 11.3. The Morgan fingerprint density at radius 1 is 1.11 bits per heavy atom. The van der Waals surface area contributed by atoms with Gasteiger partial charge < -0.3 is 11.1 Å². The number of hydrogen-bond donors (Lipinski definition) is 2. The van der Waals surface area contributed by atoms with Crippen molar-refractivity contribution in [2.24, 2.45) is 5.73 Å². The SMILES string of the molecule is CC(C)(CC(N)=O)NCc1ccc(C(C)(C)C)cc1. The van der Waals surface area contributed by atoms with Crippen molar-refractivity contribution in [3.05, 3.63) is 35.4 Å². The molecule has 0 saturated heterocycles. The lowest BCUT2D eigenvalue weighted by atomic mass is 9.86. The van der Waals surface area contributed by atoms with E-state index in [9.17, 15) is 4.79 Å². The van der Waals surface area contributed by atoms with Gasteiger partial charge in [-0.15, -0.1) is 0 Å². The van der Waals surface area contributed by atoms with E-state index in [0.717, 1.165) is 6.54 Å². The summed E-state index contributed by atoms with van der Waals surface area (Å²) in [6, 6.07) is 8.60. The van der Waals surface area contributed by atoms with Gasteiger partial charge in [0.25, 0.3) is 0 Å². The van der Waals surface area contributed by atoms with Crippen LogP contribution in [0.5, 0.6) is 0 Å². The Kier molecular flexibility index (Phi) is 4.75. The van der Waals surface area contributed by atoms with Crippen LogP contribution in [0.4, 0.5) is 0 Å². The highest BCUT2D eigenvalue weighted by Crippen LogP contribution is 2.22. The molecule has 3 N–H and O–H groups in total. The van der Waals surface area contributed by atoms with Gasteiger partial charge in [-0.3, -0.25) is 4.79 Å². The lowest BCUT2D eigenvalue weighted by Crippen LogP contribution is -2.42. The Morgan fingerprint density at radius 2 is 1.63 bits per heavy atom. The topological polar surface area (TPSA) is 55.1 Å². The summed E-state index contributed by atoms with van der Waals surface area (Å²) in [4.78, 5) is 11.0. The average Bonchev–Trinajstić information content (AvgIpc) is 2.24. The Balaban J connectivity index is 2.62.